The molecule has 2 unspecified atom stereocenters. The van der Waals surface area contributed by atoms with Gasteiger partial charge in [-0.2, -0.15) is 0 Å². The summed E-state index contributed by atoms with van der Waals surface area (Å²) in [7, 11) is 0. The Morgan fingerprint density at radius 2 is 1.75 bits per heavy atom. The Hall–Kier alpha value is -2.04. The first-order valence-corrected chi connectivity index (χ1v) is 6.96. The van der Waals surface area contributed by atoms with Gasteiger partial charge in [0.15, 0.2) is 0 Å². The molecule has 3 N–H and O–H groups in total. The van der Waals surface area contributed by atoms with E-state index in [4.69, 9.17) is 0 Å². The molecule has 0 aliphatic carbocycles. The Balaban J connectivity index is 1.87. The van der Waals surface area contributed by atoms with Crippen molar-refractivity contribution in [1.82, 2.24) is 5.32 Å². The van der Waals surface area contributed by atoms with Crippen molar-refractivity contribution in [3.63, 3.8) is 0 Å². The van der Waals surface area contributed by atoms with Crippen LogP contribution in [0.3, 0.4) is 0 Å². The lowest BCUT2D eigenvalue weighted by Crippen LogP contribution is -2.51. The molecule has 2 heterocycles. The van der Waals surface area contributed by atoms with Gasteiger partial charge in [0.1, 0.15) is 12.3 Å². The number of benzene rings is 2. The van der Waals surface area contributed by atoms with Crippen molar-refractivity contribution in [2.75, 3.05) is 23.4 Å². The molecule has 102 valence electrons. The van der Waals surface area contributed by atoms with E-state index in [2.05, 4.69) is 64.1 Å². The fourth-order valence-corrected chi connectivity index (χ4v) is 3.23. The lowest BCUT2D eigenvalue weighted by Gasteiger charge is -2.47. The lowest BCUT2D eigenvalue weighted by molar-refractivity contribution is 0.286. The van der Waals surface area contributed by atoms with Crippen LogP contribution < -0.4 is 15.5 Å². The Bertz CT molecular complexity index is 643. The molecule has 2 aliphatic heterocycles. The van der Waals surface area contributed by atoms with Crippen LogP contribution in [0.4, 0.5) is 11.4 Å². The van der Waals surface area contributed by atoms with Crippen LogP contribution in [-0.2, 0) is 0 Å². The zero-order valence-electron chi connectivity index (χ0n) is 11.1. The number of hydrogen-bond acceptors (Lipinski definition) is 4. The average Bonchev–Trinajstić information content (AvgIpc) is 2.51. The summed E-state index contributed by atoms with van der Waals surface area (Å²) in [6.45, 7) is 0.766. The first-order chi connectivity index (χ1) is 9.88. The molecule has 2 bridgehead atoms. The minimum absolute atomic E-state index is 0.111. The zero-order chi connectivity index (χ0) is 13.5. The Labute approximate surface area is 118 Å². The lowest BCUT2D eigenvalue weighted by atomic mass is 9.96. The monoisotopic (exact) mass is 267 g/mol. The van der Waals surface area contributed by atoms with Crippen molar-refractivity contribution >= 4 is 11.4 Å². The molecule has 0 amide bonds. The molecule has 0 saturated heterocycles. The van der Waals surface area contributed by atoms with Crippen molar-refractivity contribution in [1.29, 1.82) is 0 Å². The van der Waals surface area contributed by atoms with E-state index in [9.17, 15) is 5.11 Å². The molecule has 0 aromatic heterocycles. The molecule has 4 nitrogen and oxygen atoms in total. The highest BCUT2D eigenvalue weighted by atomic mass is 16.3. The van der Waals surface area contributed by atoms with Gasteiger partial charge in [0.25, 0.3) is 0 Å². The average molecular weight is 267 g/mol. The Morgan fingerprint density at radius 1 is 1.00 bits per heavy atom. The maximum absolute atomic E-state index is 9.40. The predicted octanol–water partition coefficient (Wildman–Crippen LogP) is 2.21. The summed E-state index contributed by atoms with van der Waals surface area (Å²) < 4.78 is 0. The third-order valence-electron chi connectivity index (χ3n) is 4.09. The number of nitrogens with zero attached hydrogens (tertiary/aromatic N) is 1. The fraction of sp³-hybridized carbons (Fsp3) is 0.250. The van der Waals surface area contributed by atoms with Gasteiger partial charge in [-0.3, -0.25) is 5.32 Å². The summed E-state index contributed by atoms with van der Waals surface area (Å²) in [5, 5.41) is 16.6. The molecule has 2 atom stereocenters. The number of para-hydroxylation sites is 2. The van der Waals surface area contributed by atoms with E-state index >= 15 is 0 Å². The van der Waals surface area contributed by atoms with E-state index in [1.54, 1.807) is 0 Å². The smallest absolute Gasteiger partial charge is 0.110 e. The maximum atomic E-state index is 9.40. The van der Waals surface area contributed by atoms with Gasteiger partial charge in [0, 0.05) is 29.0 Å². The van der Waals surface area contributed by atoms with Crippen molar-refractivity contribution in [2.45, 2.75) is 12.3 Å². The Kier molecular flexibility index (Phi) is 2.65. The Morgan fingerprint density at radius 3 is 2.60 bits per heavy atom. The molecule has 2 aliphatic rings. The summed E-state index contributed by atoms with van der Waals surface area (Å²) >= 11 is 0. The molecule has 0 fully saturated rings. The first-order valence-electron chi connectivity index (χ1n) is 6.96. The third-order valence-corrected chi connectivity index (χ3v) is 4.09. The van der Waals surface area contributed by atoms with Crippen molar-refractivity contribution in [3.8, 4) is 0 Å². The van der Waals surface area contributed by atoms with Crippen LogP contribution in [0.2, 0.25) is 0 Å². The number of fused-ring (bicyclic) bond motifs is 6. The quantitative estimate of drug-likeness (QED) is 0.781. The molecule has 2 aromatic carbocycles. The van der Waals surface area contributed by atoms with E-state index in [-0.39, 0.29) is 18.9 Å². The van der Waals surface area contributed by atoms with Crippen LogP contribution >= 0.6 is 0 Å². The minimum Gasteiger partial charge on any atom is -0.395 e. The van der Waals surface area contributed by atoms with Crippen molar-refractivity contribution in [2.24, 2.45) is 0 Å². The zero-order valence-corrected chi connectivity index (χ0v) is 11.1. The maximum Gasteiger partial charge on any atom is 0.110 e. The van der Waals surface area contributed by atoms with Crippen LogP contribution in [0.25, 0.3) is 0 Å². The van der Waals surface area contributed by atoms with Crippen molar-refractivity contribution in [3.05, 3.63) is 59.7 Å². The largest absolute Gasteiger partial charge is 0.395 e. The molecule has 2 aromatic rings. The standard InChI is InChI=1S/C16H17N3O/c20-10-9-19-14-8-4-2-6-12(14)15-17-13-7-3-1-5-11(13)16(19)18-15/h1-8,15-18,20H,9-10H2. The highest BCUT2D eigenvalue weighted by Crippen LogP contribution is 2.43. The van der Waals surface area contributed by atoms with E-state index in [1.807, 2.05) is 0 Å². The van der Waals surface area contributed by atoms with Gasteiger partial charge in [-0.25, -0.2) is 0 Å². The van der Waals surface area contributed by atoms with E-state index < -0.39 is 0 Å². The normalized spacial score (nSPS) is 22.8. The molecule has 0 radical (unpaired) electrons. The molecule has 4 rings (SSSR count). The molecule has 0 spiro atoms. The number of aliphatic hydroxyl groups excluding tert-OH is 1. The highest BCUT2D eigenvalue weighted by Gasteiger charge is 2.36. The van der Waals surface area contributed by atoms with Crippen LogP contribution in [0.1, 0.15) is 23.5 Å². The first kappa shape index (κ1) is 11.8. The molecule has 0 saturated carbocycles. The number of β-amino-alcohol motifs (C(OH)–C–C–N with tert-alkyl or cyclic N) is 1. The summed E-state index contributed by atoms with van der Waals surface area (Å²) in [6.07, 6.45) is 0.237. The van der Waals surface area contributed by atoms with Gasteiger partial charge < -0.3 is 15.3 Å². The van der Waals surface area contributed by atoms with Gasteiger partial charge >= 0.3 is 0 Å². The molecule has 20 heavy (non-hydrogen) atoms. The summed E-state index contributed by atoms with van der Waals surface area (Å²) in [5.74, 6) is 0. The van der Waals surface area contributed by atoms with Gasteiger partial charge in [0.2, 0.25) is 0 Å². The van der Waals surface area contributed by atoms with Crippen LogP contribution in [0.15, 0.2) is 48.5 Å². The third kappa shape index (κ3) is 1.62. The second-order valence-electron chi connectivity index (χ2n) is 5.21. The number of rotatable bonds is 2. The SMILES string of the molecule is OCCN1c2ccccc2C2Nc3ccccc3C1N2. The van der Waals surface area contributed by atoms with Gasteiger partial charge in [-0.1, -0.05) is 36.4 Å². The van der Waals surface area contributed by atoms with Gasteiger partial charge in [-0.15, -0.1) is 0 Å². The van der Waals surface area contributed by atoms with Crippen LogP contribution in [0, 0.1) is 0 Å². The van der Waals surface area contributed by atoms with E-state index in [1.165, 1.54) is 22.5 Å². The summed E-state index contributed by atoms with van der Waals surface area (Å²) in [5.41, 5.74) is 4.81. The highest BCUT2D eigenvalue weighted by molar-refractivity contribution is 5.67. The molecular formula is C16H17N3O. The predicted molar refractivity (Wildman–Crippen MR) is 79.6 cm³/mol. The molecular weight excluding hydrogens is 250 g/mol. The second-order valence-corrected chi connectivity index (χ2v) is 5.21. The van der Waals surface area contributed by atoms with Gasteiger partial charge in [-0.05, 0) is 12.1 Å². The van der Waals surface area contributed by atoms with E-state index in [0.29, 0.717) is 6.54 Å². The second kappa shape index (κ2) is 4.51. The summed E-state index contributed by atoms with van der Waals surface area (Å²) in [6, 6.07) is 16.7. The molecule has 4 heteroatoms. The number of aliphatic hydroxyl groups is 1. The van der Waals surface area contributed by atoms with Gasteiger partial charge in [0.05, 0.1) is 6.61 Å². The van der Waals surface area contributed by atoms with Crippen LogP contribution in [-0.4, -0.2) is 18.3 Å². The number of nitrogens with one attached hydrogen (secondary N) is 2. The fourth-order valence-electron chi connectivity index (χ4n) is 3.23. The minimum atomic E-state index is 0.111. The van der Waals surface area contributed by atoms with Crippen LogP contribution in [0.5, 0.6) is 0 Å². The van der Waals surface area contributed by atoms with E-state index in [0.717, 1.165) is 0 Å². The number of anilines is 2. The summed E-state index contributed by atoms with van der Waals surface area (Å²) in [4.78, 5) is 2.24. The van der Waals surface area contributed by atoms with Crippen molar-refractivity contribution < 1.29 is 5.11 Å². The number of hydrogen-bond donors (Lipinski definition) is 3. The topological polar surface area (TPSA) is 47.5 Å².